The number of ether oxygens (including phenoxy) is 2. The molecule has 0 bridgehead atoms. The van der Waals surface area contributed by atoms with Gasteiger partial charge in [0.05, 0.1) is 11.5 Å². The molecule has 1 fully saturated rings. The molecule has 0 saturated carbocycles. The number of likely N-dealkylation sites (tertiary alicyclic amines) is 1. The van der Waals surface area contributed by atoms with Crippen LogP contribution in [0, 0.1) is 5.92 Å². The lowest BCUT2D eigenvalue weighted by Gasteiger charge is -2.17. The maximum Gasteiger partial charge on any atom is 0.240 e. The van der Waals surface area contributed by atoms with Crippen molar-refractivity contribution < 1.29 is 17.9 Å². The van der Waals surface area contributed by atoms with E-state index >= 15 is 0 Å². The van der Waals surface area contributed by atoms with Crippen LogP contribution in [0.1, 0.15) is 13.8 Å². The maximum absolute atomic E-state index is 12.5. The van der Waals surface area contributed by atoms with Crippen molar-refractivity contribution >= 4 is 10.0 Å². The largest absolute Gasteiger partial charge is 0.491 e. The highest BCUT2D eigenvalue weighted by Crippen LogP contribution is 2.20. The number of rotatable bonds is 8. The molecule has 130 valence electrons. The zero-order chi connectivity index (χ0) is 16.9. The summed E-state index contributed by atoms with van der Waals surface area (Å²) < 4.78 is 38.2. The predicted molar refractivity (Wildman–Crippen MR) is 89.2 cm³/mol. The average Bonchev–Trinajstić information content (AvgIpc) is 2.88. The summed E-state index contributed by atoms with van der Waals surface area (Å²) in [4.78, 5) is 2.52. The van der Waals surface area contributed by atoms with E-state index in [0.29, 0.717) is 24.9 Å². The highest BCUT2D eigenvalue weighted by molar-refractivity contribution is 7.89. The summed E-state index contributed by atoms with van der Waals surface area (Å²) in [6.07, 6.45) is 0. The fourth-order valence-electron chi connectivity index (χ4n) is 2.70. The van der Waals surface area contributed by atoms with E-state index in [-0.39, 0.29) is 10.9 Å². The molecule has 6 nitrogen and oxygen atoms in total. The summed E-state index contributed by atoms with van der Waals surface area (Å²) in [5, 5.41) is 0. The number of hydrogen-bond donors (Lipinski definition) is 1. The first kappa shape index (κ1) is 18.2. The van der Waals surface area contributed by atoms with Crippen molar-refractivity contribution in [1.82, 2.24) is 9.62 Å². The van der Waals surface area contributed by atoms with Gasteiger partial charge in [-0.2, -0.15) is 0 Å². The van der Waals surface area contributed by atoms with Crippen molar-refractivity contribution in [3.05, 3.63) is 24.3 Å². The summed E-state index contributed by atoms with van der Waals surface area (Å²) in [5.74, 6) is 0.939. The molecule has 0 radical (unpaired) electrons. The molecule has 1 N–H and O–H groups in total. The summed E-state index contributed by atoms with van der Waals surface area (Å²) >= 11 is 0. The lowest BCUT2D eigenvalue weighted by Crippen LogP contribution is -2.39. The lowest BCUT2D eigenvalue weighted by molar-refractivity contribution is 0.146. The Morgan fingerprint density at radius 3 is 2.48 bits per heavy atom. The number of benzene rings is 1. The van der Waals surface area contributed by atoms with Gasteiger partial charge in [-0.3, -0.25) is 0 Å². The molecular weight excluding hydrogens is 316 g/mol. The van der Waals surface area contributed by atoms with Gasteiger partial charge in [-0.25, -0.2) is 13.1 Å². The summed E-state index contributed by atoms with van der Waals surface area (Å²) in [5.41, 5.74) is 0. The van der Waals surface area contributed by atoms with Gasteiger partial charge < -0.3 is 14.4 Å². The molecule has 2 rings (SSSR count). The number of sulfonamides is 1. The van der Waals surface area contributed by atoms with E-state index < -0.39 is 10.0 Å². The van der Waals surface area contributed by atoms with Crippen LogP contribution in [0.2, 0.25) is 0 Å². The third kappa shape index (κ3) is 4.91. The molecule has 0 aromatic heterocycles. The second-order valence-corrected chi connectivity index (χ2v) is 7.58. The van der Waals surface area contributed by atoms with Gasteiger partial charge in [0.2, 0.25) is 10.0 Å². The van der Waals surface area contributed by atoms with E-state index in [1.54, 1.807) is 31.4 Å². The molecule has 1 aliphatic heterocycles. The van der Waals surface area contributed by atoms with Crippen LogP contribution in [-0.2, 0) is 14.8 Å². The monoisotopic (exact) mass is 342 g/mol. The van der Waals surface area contributed by atoms with Gasteiger partial charge in [0.25, 0.3) is 0 Å². The standard InChI is InChI=1S/C16H26N2O4S/c1-4-18-11-13(2)16(12-18)17-23(19,20)15-7-5-14(6-8-15)22-10-9-21-3/h5-8,13,16-17H,4,9-12H2,1-3H3/t13-,16+/m1/s1. The number of hydrogen-bond acceptors (Lipinski definition) is 5. The van der Waals surface area contributed by atoms with Crippen LogP contribution in [0.5, 0.6) is 5.75 Å². The number of nitrogens with one attached hydrogen (secondary N) is 1. The summed E-state index contributed by atoms with van der Waals surface area (Å²) in [6.45, 7) is 7.73. The zero-order valence-corrected chi connectivity index (χ0v) is 14.8. The minimum absolute atomic E-state index is 0.0439. The Kier molecular flexibility index (Phi) is 6.41. The van der Waals surface area contributed by atoms with Gasteiger partial charge in [-0.1, -0.05) is 13.8 Å². The lowest BCUT2D eigenvalue weighted by atomic mass is 10.1. The van der Waals surface area contributed by atoms with Gasteiger partial charge in [-0.05, 0) is 36.7 Å². The number of nitrogens with zero attached hydrogens (tertiary/aromatic N) is 1. The van der Waals surface area contributed by atoms with Crippen LogP contribution in [0.4, 0.5) is 0 Å². The van der Waals surface area contributed by atoms with Crippen LogP contribution in [0.25, 0.3) is 0 Å². The van der Waals surface area contributed by atoms with Crippen molar-refractivity contribution in [2.45, 2.75) is 24.8 Å². The maximum atomic E-state index is 12.5. The van der Waals surface area contributed by atoms with E-state index in [2.05, 4.69) is 23.5 Å². The van der Waals surface area contributed by atoms with Crippen LogP contribution in [0.15, 0.2) is 29.2 Å². The van der Waals surface area contributed by atoms with Crippen LogP contribution >= 0.6 is 0 Å². The number of likely N-dealkylation sites (N-methyl/N-ethyl adjacent to an activating group) is 1. The van der Waals surface area contributed by atoms with E-state index in [9.17, 15) is 8.42 Å². The fourth-order valence-corrected chi connectivity index (χ4v) is 4.04. The van der Waals surface area contributed by atoms with Crippen molar-refractivity contribution in [3.63, 3.8) is 0 Å². The SMILES string of the molecule is CCN1C[C@@H](C)[C@@H](NS(=O)(=O)c2ccc(OCCOC)cc2)C1. The number of methoxy groups -OCH3 is 1. The Bertz CT molecular complexity index is 589. The van der Waals surface area contributed by atoms with Gasteiger partial charge in [0.15, 0.2) is 0 Å². The first-order valence-corrected chi connectivity index (χ1v) is 9.41. The van der Waals surface area contributed by atoms with Crippen molar-refractivity contribution in [2.24, 2.45) is 5.92 Å². The smallest absolute Gasteiger partial charge is 0.240 e. The summed E-state index contributed by atoms with van der Waals surface area (Å²) in [6, 6.07) is 6.43. The molecule has 0 spiro atoms. The van der Waals surface area contributed by atoms with Crippen molar-refractivity contribution in [1.29, 1.82) is 0 Å². The second-order valence-electron chi connectivity index (χ2n) is 5.87. The molecule has 1 aromatic rings. The molecule has 23 heavy (non-hydrogen) atoms. The molecule has 1 aliphatic rings. The van der Waals surface area contributed by atoms with E-state index in [4.69, 9.17) is 9.47 Å². The van der Waals surface area contributed by atoms with Gasteiger partial charge in [0, 0.05) is 26.2 Å². The molecule has 2 atom stereocenters. The normalized spacial score (nSPS) is 22.4. The molecule has 1 aromatic carbocycles. The quantitative estimate of drug-likeness (QED) is 0.722. The van der Waals surface area contributed by atoms with Gasteiger partial charge >= 0.3 is 0 Å². The zero-order valence-electron chi connectivity index (χ0n) is 14.0. The minimum atomic E-state index is -3.51. The van der Waals surface area contributed by atoms with Crippen LogP contribution in [0.3, 0.4) is 0 Å². The van der Waals surface area contributed by atoms with Gasteiger partial charge in [0.1, 0.15) is 12.4 Å². The first-order chi connectivity index (χ1) is 11.0. The Labute approximate surface area is 138 Å². The van der Waals surface area contributed by atoms with E-state index in [1.165, 1.54) is 0 Å². The van der Waals surface area contributed by atoms with Gasteiger partial charge in [-0.15, -0.1) is 0 Å². The highest BCUT2D eigenvalue weighted by atomic mass is 32.2. The average molecular weight is 342 g/mol. The topological polar surface area (TPSA) is 67.9 Å². The molecule has 1 saturated heterocycles. The Morgan fingerprint density at radius 1 is 1.22 bits per heavy atom. The molecular formula is C16H26N2O4S. The van der Waals surface area contributed by atoms with Crippen LogP contribution < -0.4 is 9.46 Å². The molecule has 0 amide bonds. The van der Waals surface area contributed by atoms with E-state index in [1.807, 2.05) is 0 Å². The fraction of sp³-hybridized carbons (Fsp3) is 0.625. The Morgan fingerprint density at radius 2 is 1.91 bits per heavy atom. The second kappa shape index (κ2) is 8.10. The first-order valence-electron chi connectivity index (χ1n) is 7.92. The van der Waals surface area contributed by atoms with Crippen molar-refractivity contribution in [3.8, 4) is 5.75 Å². The molecule has 7 heteroatoms. The van der Waals surface area contributed by atoms with E-state index in [0.717, 1.165) is 19.6 Å². The van der Waals surface area contributed by atoms with Crippen molar-refractivity contribution in [2.75, 3.05) is 40.0 Å². The molecule has 1 heterocycles. The Balaban J connectivity index is 1.99. The third-order valence-corrected chi connectivity index (χ3v) is 5.64. The minimum Gasteiger partial charge on any atom is -0.491 e. The Hall–Kier alpha value is -1.15. The molecule has 0 aliphatic carbocycles. The highest BCUT2D eigenvalue weighted by Gasteiger charge is 2.32. The third-order valence-electron chi connectivity index (χ3n) is 4.13. The van der Waals surface area contributed by atoms with Crippen LogP contribution in [-0.4, -0.2) is 59.3 Å². The predicted octanol–water partition coefficient (Wildman–Crippen LogP) is 1.33. The summed E-state index contributed by atoms with van der Waals surface area (Å²) in [7, 11) is -1.90. The molecule has 0 unspecified atom stereocenters.